The highest BCUT2D eigenvalue weighted by Gasteiger charge is 2.38. The molecule has 7 heteroatoms. The summed E-state index contributed by atoms with van der Waals surface area (Å²) in [4.78, 5) is 0. The third-order valence-corrected chi connectivity index (χ3v) is 3.93. The van der Waals surface area contributed by atoms with Gasteiger partial charge in [-0.25, -0.2) is 4.39 Å². The molecule has 3 nitrogen and oxygen atoms in total. The van der Waals surface area contributed by atoms with Gasteiger partial charge in [-0.15, -0.1) is 0 Å². The summed E-state index contributed by atoms with van der Waals surface area (Å²) in [6, 6.07) is 2.18. The van der Waals surface area contributed by atoms with Crippen LogP contribution in [-0.2, 0) is 10.9 Å². The maximum atomic E-state index is 13.7. The molecule has 0 saturated carbocycles. The van der Waals surface area contributed by atoms with Crippen LogP contribution in [0.5, 0.6) is 0 Å². The van der Waals surface area contributed by atoms with E-state index in [1.54, 1.807) is 0 Å². The van der Waals surface area contributed by atoms with Crippen molar-refractivity contribution in [2.45, 2.75) is 44.5 Å². The Bertz CT molecular complexity index is 464. The monoisotopic (exact) mass is 308 g/mol. The van der Waals surface area contributed by atoms with Crippen molar-refractivity contribution in [1.29, 1.82) is 0 Å². The summed E-state index contributed by atoms with van der Waals surface area (Å²) in [6.45, 7) is 3.75. The maximum Gasteiger partial charge on any atom is 0.419 e. The van der Waals surface area contributed by atoms with Crippen LogP contribution in [0.15, 0.2) is 18.2 Å². The van der Waals surface area contributed by atoms with Crippen LogP contribution < -0.4 is 11.3 Å². The molecule has 1 atom stereocenters. The van der Waals surface area contributed by atoms with Crippen LogP contribution in [0.2, 0.25) is 0 Å². The summed E-state index contributed by atoms with van der Waals surface area (Å²) < 4.78 is 57.0. The average Bonchev–Trinajstić information content (AvgIpc) is 2.43. The van der Waals surface area contributed by atoms with Crippen molar-refractivity contribution in [3.8, 4) is 0 Å². The van der Waals surface area contributed by atoms with Gasteiger partial charge in [0.2, 0.25) is 0 Å². The van der Waals surface area contributed by atoms with Crippen molar-refractivity contribution in [1.82, 2.24) is 5.43 Å². The molecule has 0 radical (unpaired) electrons. The predicted octanol–water partition coefficient (Wildman–Crippen LogP) is 3.55. The van der Waals surface area contributed by atoms with Crippen LogP contribution in [0.3, 0.4) is 0 Å². The third-order valence-electron chi connectivity index (χ3n) is 3.93. The zero-order chi connectivity index (χ0) is 16.3. The molecule has 0 aliphatic rings. The van der Waals surface area contributed by atoms with Crippen LogP contribution >= 0.6 is 0 Å². The quantitative estimate of drug-likeness (QED) is 0.480. The molecule has 0 spiro atoms. The minimum absolute atomic E-state index is 0.313. The van der Waals surface area contributed by atoms with Gasteiger partial charge in [-0.3, -0.25) is 11.3 Å². The number of benzene rings is 1. The standard InChI is InChI=1S/C14H20F4N2O/c1-4-13(5-2,21-3)12(20-19)9-6-7-10(11(15)8-9)14(16,17)18/h6-8,12,20H,4-5,19H2,1-3H3. The number of rotatable bonds is 6. The molecule has 21 heavy (non-hydrogen) atoms. The van der Waals surface area contributed by atoms with Gasteiger partial charge in [0.25, 0.3) is 0 Å². The molecule has 0 fully saturated rings. The third kappa shape index (κ3) is 3.53. The Balaban J connectivity index is 3.28. The summed E-state index contributed by atoms with van der Waals surface area (Å²) in [5.41, 5.74) is 0.823. The fraction of sp³-hybridized carbons (Fsp3) is 0.571. The summed E-state index contributed by atoms with van der Waals surface area (Å²) in [7, 11) is 1.50. The SMILES string of the molecule is CCC(CC)(OC)C(NN)c1ccc(C(F)(F)F)c(F)c1. The molecule has 0 heterocycles. The Labute approximate surface area is 121 Å². The van der Waals surface area contributed by atoms with Crippen LogP contribution in [0, 0.1) is 5.82 Å². The molecule has 0 saturated heterocycles. The second-order valence-corrected chi connectivity index (χ2v) is 4.81. The Morgan fingerprint density at radius 1 is 1.24 bits per heavy atom. The average molecular weight is 308 g/mol. The summed E-state index contributed by atoms with van der Waals surface area (Å²) in [6.07, 6.45) is -3.59. The van der Waals surface area contributed by atoms with E-state index < -0.39 is 29.2 Å². The zero-order valence-corrected chi connectivity index (χ0v) is 12.2. The Morgan fingerprint density at radius 3 is 2.14 bits per heavy atom. The molecule has 120 valence electrons. The molecule has 0 aliphatic carbocycles. The number of methoxy groups -OCH3 is 1. The number of ether oxygens (including phenoxy) is 1. The van der Waals surface area contributed by atoms with E-state index in [1.807, 2.05) is 13.8 Å². The highest BCUT2D eigenvalue weighted by molar-refractivity contribution is 5.30. The van der Waals surface area contributed by atoms with Crippen LogP contribution in [-0.4, -0.2) is 12.7 Å². The topological polar surface area (TPSA) is 47.3 Å². The van der Waals surface area contributed by atoms with Crippen molar-refractivity contribution in [2.75, 3.05) is 7.11 Å². The fourth-order valence-corrected chi connectivity index (χ4v) is 2.56. The molecule has 0 aliphatic heterocycles. The van der Waals surface area contributed by atoms with E-state index in [0.717, 1.165) is 12.1 Å². The van der Waals surface area contributed by atoms with Gasteiger partial charge < -0.3 is 4.74 Å². The molecule has 1 aromatic rings. The lowest BCUT2D eigenvalue weighted by atomic mass is 9.84. The first kappa shape index (κ1) is 17.9. The minimum atomic E-state index is -4.72. The first-order valence-electron chi connectivity index (χ1n) is 6.63. The van der Waals surface area contributed by atoms with Gasteiger partial charge in [0.15, 0.2) is 0 Å². The van der Waals surface area contributed by atoms with E-state index in [1.165, 1.54) is 13.2 Å². The van der Waals surface area contributed by atoms with Crippen molar-refractivity contribution in [2.24, 2.45) is 5.84 Å². The Hall–Kier alpha value is -1.18. The maximum absolute atomic E-state index is 13.7. The van der Waals surface area contributed by atoms with Gasteiger partial charge in [0.1, 0.15) is 5.82 Å². The van der Waals surface area contributed by atoms with Gasteiger partial charge in [-0.1, -0.05) is 19.9 Å². The Kier molecular flexibility index (Phi) is 5.72. The number of halogens is 4. The van der Waals surface area contributed by atoms with Crippen molar-refractivity contribution < 1.29 is 22.3 Å². The van der Waals surface area contributed by atoms with Gasteiger partial charge in [-0.05, 0) is 30.5 Å². The molecule has 3 N–H and O–H groups in total. The first-order chi connectivity index (χ1) is 9.75. The van der Waals surface area contributed by atoms with Gasteiger partial charge in [-0.2, -0.15) is 13.2 Å². The van der Waals surface area contributed by atoms with E-state index in [-0.39, 0.29) is 0 Å². The Morgan fingerprint density at radius 2 is 1.81 bits per heavy atom. The summed E-state index contributed by atoms with van der Waals surface area (Å²) in [5.74, 6) is 4.20. The highest BCUT2D eigenvalue weighted by Crippen LogP contribution is 2.37. The fourth-order valence-electron chi connectivity index (χ4n) is 2.56. The largest absolute Gasteiger partial charge is 0.419 e. The zero-order valence-electron chi connectivity index (χ0n) is 12.2. The lowest BCUT2D eigenvalue weighted by Gasteiger charge is -2.38. The van der Waals surface area contributed by atoms with E-state index in [2.05, 4.69) is 5.43 Å². The summed E-state index contributed by atoms with van der Waals surface area (Å²) in [5, 5.41) is 0. The number of alkyl halides is 3. The minimum Gasteiger partial charge on any atom is -0.376 e. The van der Waals surface area contributed by atoms with Crippen molar-refractivity contribution in [3.05, 3.63) is 35.1 Å². The van der Waals surface area contributed by atoms with Gasteiger partial charge in [0, 0.05) is 7.11 Å². The van der Waals surface area contributed by atoms with E-state index in [9.17, 15) is 17.6 Å². The molecule has 0 amide bonds. The van der Waals surface area contributed by atoms with Crippen LogP contribution in [0.4, 0.5) is 17.6 Å². The molecule has 0 bridgehead atoms. The first-order valence-corrected chi connectivity index (χ1v) is 6.63. The van der Waals surface area contributed by atoms with E-state index >= 15 is 0 Å². The summed E-state index contributed by atoms with van der Waals surface area (Å²) >= 11 is 0. The molecule has 1 rings (SSSR count). The molecule has 1 aromatic carbocycles. The van der Waals surface area contributed by atoms with Crippen molar-refractivity contribution >= 4 is 0 Å². The van der Waals surface area contributed by atoms with Gasteiger partial charge >= 0.3 is 6.18 Å². The predicted molar refractivity (Wildman–Crippen MR) is 71.8 cm³/mol. The lowest BCUT2D eigenvalue weighted by Crippen LogP contribution is -2.47. The number of hydrazine groups is 1. The number of hydrogen-bond donors (Lipinski definition) is 2. The molecule has 1 unspecified atom stereocenters. The van der Waals surface area contributed by atoms with Gasteiger partial charge in [0.05, 0.1) is 17.2 Å². The molecule has 0 aromatic heterocycles. The number of hydrogen-bond acceptors (Lipinski definition) is 3. The van der Waals surface area contributed by atoms with Crippen molar-refractivity contribution in [3.63, 3.8) is 0 Å². The number of nitrogens with two attached hydrogens (primary N) is 1. The van der Waals surface area contributed by atoms with Crippen LogP contribution in [0.25, 0.3) is 0 Å². The second-order valence-electron chi connectivity index (χ2n) is 4.81. The van der Waals surface area contributed by atoms with E-state index in [0.29, 0.717) is 18.4 Å². The number of nitrogens with one attached hydrogen (secondary N) is 1. The van der Waals surface area contributed by atoms with Crippen LogP contribution in [0.1, 0.15) is 43.9 Å². The second kappa shape index (κ2) is 6.72. The molecular weight excluding hydrogens is 288 g/mol. The molecular formula is C14H20F4N2O. The normalized spacial score (nSPS) is 14.3. The highest BCUT2D eigenvalue weighted by atomic mass is 19.4. The van der Waals surface area contributed by atoms with E-state index in [4.69, 9.17) is 10.6 Å². The smallest absolute Gasteiger partial charge is 0.376 e. The lowest BCUT2D eigenvalue weighted by molar-refractivity contribution is -0.140.